The van der Waals surface area contributed by atoms with Crippen LogP contribution in [0.2, 0.25) is 0 Å². The van der Waals surface area contributed by atoms with Gasteiger partial charge in [-0.15, -0.1) is 10.2 Å². The lowest BCUT2D eigenvalue weighted by molar-refractivity contribution is 0.0600. The highest BCUT2D eigenvalue weighted by atomic mass is 16.5. The fraction of sp³-hybridized carbons (Fsp3) is 0.462. The van der Waals surface area contributed by atoms with E-state index in [1.165, 1.54) is 13.5 Å². The minimum absolute atomic E-state index is 0.305. The molecule has 3 rings (SSSR count). The zero-order valence-electron chi connectivity index (χ0n) is 11.0. The highest BCUT2D eigenvalue weighted by Crippen LogP contribution is 2.29. The lowest BCUT2D eigenvalue weighted by Crippen LogP contribution is -2.19. The largest absolute Gasteiger partial charge is 0.465 e. The van der Waals surface area contributed by atoms with Crippen molar-refractivity contribution in [3.63, 3.8) is 0 Å². The molecule has 1 fully saturated rings. The van der Waals surface area contributed by atoms with Crippen LogP contribution in [0, 0.1) is 0 Å². The quantitative estimate of drug-likeness (QED) is 0.761. The van der Waals surface area contributed by atoms with Gasteiger partial charge in [0, 0.05) is 6.20 Å². The Morgan fingerprint density at radius 3 is 3.00 bits per heavy atom. The van der Waals surface area contributed by atoms with Gasteiger partial charge in [0.15, 0.2) is 11.5 Å². The number of carbonyl (C=O) groups is 1. The maximum atomic E-state index is 11.5. The summed E-state index contributed by atoms with van der Waals surface area (Å²) in [5.41, 5.74) is 1.17. The van der Waals surface area contributed by atoms with Crippen molar-refractivity contribution in [3.8, 4) is 0 Å². The van der Waals surface area contributed by atoms with Crippen molar-refractivity contribution in [2.45, 2.75) is 18.9 Å². The first-order chi connectivity index (χ1) is 9.20. The van der Waals surface area contributed by atoms with Crippen LogP contribution in [0.4, 0.5) is 0 Å². The molecule has 0 aliphatic carbocycles. The number of carbonyl (C=O) groups excluding carboxylic acids is 1. The summed E-state index contributed by atoms with van der Waals surface area (Å²) in [6.45, 7) is 1.08. The Hall–Kier alpha value is -1.95. The summed E-state index contributed by atoms with van der Waals surface area (Å²) in [7, 11) is 3.47. The summed E-state index contributed by atoms with van der Waals surface area (Å²) in [6.07, 6.45) is 4.11. The molecule has 0 spiro atoms. The molecule has 1 aliphatic rings. The minimum Gasteiger partial charge on any atom is -0.465 e. The van der Waals surface area contributed by atoms with Crippen LogP contribution in [0.25, 0.3) is 5.65 Å². The van der Waals surface area contributed by atoms with E-state index < -0.39 is 0 Å². The number of hydrogen-bond acceptors (Lipinski definition) is 5. The molecule has 0 aromatic carbocycles. The first-order valence-corrected chi connectivity index (χ1v) is 6.34. The molecule has 0 saturated carbocycles. The van der Waals surface area contributed by atoms with Crippen LogP contribution >= 0.6 is 0 Å². The number of esters is 1. The van der Waals surface area contributed by atoms with Crippen molar-refractivity contribution in [2.75, 3.05) is 20.7 Å². The molecule has 6 nitrogen and oxygen atoms in total. The number of likely N-dealkylation sites (tertiary alicyclic amines) is 1. The van der Waals surface area contributed by atoms with Crippen LogP contribution in [0.15, 0.2) is 18.3 Å². The number of pyridine rings is 1. The summed E-state index contributed by atoms with van der Waals surface area (Å²) < 4.78 is 6.65. The molecule has 2 aromatic rings. The number of aromatic nitrogens is 3. The maximum Gasteiger partial charge on any atom is 0.338 e. The first kappa shape index (κ1) is 12.1. The van der Waals surface area contributed by atoms with Gasteiger partial charge in [-0.25, -0.2) is 4.79 Å². The Morgan fingerprint density at radius 1 is 1.47 bits per heavy atom. The van der Waals surface area contributed by atoms with E-state index in [0.29, 0.717) is 17.3 Å². The molecule has 100 valence electrons. The van der Waals surface area contributed by atoms with Gasteiger partial charge in [0.05, 0.1) is 18.7 Å². The van der Waals surface area contributed by atoms with Gasteiger partial charge in [-0.1, -0.05) is 0 Å². The normalized spacial score (nSPS) is 20.0. The first-order valence-electron chi connectivity index (χ1n) is 6.34. The van der Waals surface area contributed by atoms with Crippen LogP contribution in [0.3, 0.4) is 0 Å². The van der Waals surface area contributed by atoms with Crippen LogP contribution in [-0.4, -0.2) is 46.2 Å². The molecular formula is C13H16N4O2. The van der Waals surface area contributed by atoms with Crippen molar-refractivity contribution in [3.05, 3.63) is 29.7 Å². The highest BCUT2D eigenvalue weighted by molar-refractivity contribution is 5.90. The van der Waals surface area contributed by atoms with E-state index in [2.05, 4.69) is 22.1 Å². The number of methoxy groups -OCH3 is 1. The van der Waals surface area contributed by atoms with Crippen LogP contribution in [0.1, 0.15) is 35.1 Å². The van der Waals surface area contributed by atoms with Gasteiger partial charge < -0.3 is 4.74 Å². The minimum atomic E-state index is -0.356. The summed E-state index contributed by atoms with van der Waals surface area (Å²) in [6, 6.07) is 3.75. The molecular weight excluding hydrogens is 244 g/mol. The maximum absolute atomic E-state index is 11.5. The smallest absolute Gasteiger partial charge is 0.338 e. The van der Waals surface area contributed by atoms with Crippen LogP contribution in [0.5, 0.6) is 0 Å². The molecule has 3 heterocycles. The second kappa shape index (κ2) is 4.62. The molecule has 1 unspecified atom stereocenters. The summed E-state index contributed by atoms with van der Waals surface area (Å²) in [5, 5.41) is 8.43. The molecule has 19 heavy (non-hydrogen) atoms. The Labute approximate surface area is 111 Å². The van der Waals surface area contributed by atoms with E-state index in [-0.39, 0.29) is 5.97 Å². The average Bonchev–Trinajstić information content (AvgIpc) is 3.02. The highest BCUT2D eigenvalue weighted by Gasteiger charge is 2.27. The standard InChI is InChI=1S/C13H16N4O2/c1-16-6-3-4-10(16)12-15-14-11-8-9(13(18)19-2)5-7-17(11)12/h5,7-8,10H,3-4,6H2,1-2H3. The number of ether oxygens (including phenoxy) is 1. The van der Waals surface area contributed by atoms with Gasteiger partial charge in [-0.3, -0.25) is 9.30 Å². The van der Waals surface area contributed by atoms with Gasteiger partial charge in [0.25, 0.3) is 0 Å². The predicted octanol–water partition coefficient (Wildman–Crippen LogP) is 1.28. The van der Waals surface area contributed by atoms with Crippen molar-refractivity contribution < 1.29 is 9.53 Å². The third-order valence-electron chi connectivity index (χ3n) is 3.68. The number of hydrogen-bond donors (Lipinski definition) is 0. The second-order valence-electron chi connectivity index (χ2n) is 4.83. The summed E-state index contributed by atoms with van der Waals surface area (Å²) in [5.74, 6) is 0.580. The Bertz CT molecular complexity index is 622. The zero-order chi connectivity index (χ0) is 13.4. The SMILES string of the molecule is COC(=O)c1ccn2c(C3CCCN3C)nnc2c1. The summed E-state index contributed by atoms with van der Waals surface area (Å²) in [4.78, 5) is 13.8. The van der Waals surface area contributed by atoms with Crippen molar-refractivity contribution >= 4 is 11.6 Å². The Kier molecular flexibility index (Phi) is 2.94. The fourth-order valence-corrected chi connectivity index (χ4v) is 2.62. The Balaban J connectivity index is 2.02. The number of fused-ring (bicyclic) bond motifs is 1. The fourth-order valence-electron chi connectivity index (χ4n) is 2.62. The lowest BCUT2D eigenvalue weighted by atomic mass is 10.2. The van der Waals surface area contributed by atoms with Crippen LogP contribution < -0.4 is 0 Å². The molecule has 2 aromatic heterocycles. The monoisotopic (exact) mass is 260 g/mol. The van der Waals surface area contributed by atoms with Crippen molar-refractivity contribution in [1.82, 2.24) is 19.5 Å². The van der Waals surface area contributed by atoms with E-state index in [0.717, 1.165) is 18.8 Å². The average molecular weight is 260 g/mol. The predicted molar refractivity (Wildman–Crippen MR) is 68.9 cm³/mol. The van der Waals surface area contributed by atoms with Gasteiger partial charge in [0.2, 0.25) is 0 Å². The summed E-state index contributed by atoms with van der Waals surface area (Å²) >= 11 is 0. The number of rotatable bonds is 2. The van der Waals surface area contributed by atoms with E-state index in [1.807, 2.05) is 10.6 Å². The van der Waals surface area contributed by atoms with E-state index in [9.17, 15) is 4.79 Å². The lowest BCUT2D eigenvalue weighted by Gasteiger charge is -2.17. The van der Waals surface area contributed by atoms with E-state index in [4.69, 9.17) is 4.74 Å². The van der Waals surface area contributed by atoms with Gasteiger partial charge in [0.1, 0.15) is 0 Å². The topological polar surface area (TPSA) is 59.7 Å². The van der Waals surface area contributed by atoms with Gasteiger partial charge in [-0.2, -0.15) is 0 Å². The van der Waals surface area contributed by atoms with Crippen LogP contribution in [-0.2, 0) is 4.74 Å². The van der Waals surface area contributed by atoms with Gasteiger partial charge >= 0.3 is 5.97 Å². The van der Waals surface area contributed by atoms with Gasteiger partial charge in [-0.05, 0) is 38.6 Å². The Morgan fingerprint density at radius 2 is 2.32 bits per heavy atom. The molecule has 1 atom stereocenters. The number of nitrogens with zero attached hydrogens (tertiary/aromatic N) is 4. The molecule has 6 heteroatoms. The molecule has 0 bridgehead atoms. The molecule has 0 amide bonds. The van der Waals surface area contributed by atoms with Crippen molar-refractivity contribution in [1.29, 1.82) is 0 Å². The second-order valence-corrected chi connectivity index (χ2v) is 4.83. The third kappa shape index (κ3) is 1.98. The van der Waals surface area contributed by atoms with E-state index in [1.54, 1.807) is 12.1 Å². The third-order valence-corrected chi connectivity index (χ3v) is 3.68. The molecule has 1 aliphatic heterocycles. The molecule has 0 radical (unpaired) electrons. The van der Waals surface area contributed by atoms with Crippen molar-refractivity contribution in [2.24, 2.45) is 0 Å². The molecule has 1 saturated heterocycles. The zero-order valence-corrected chi connectivity index (χ0v) is 11.0. The molecule has 0 N–H and O–H groups in total. The van der Waals surface area contributed by atoms with E-state index >= 15 is 0 Å².